The van der Waals surface area contributed by atoms with Crippen LogP contribution >= 0.6 is 27.7 Å². The lowest BCUT2D eigenvalue weighted by atomic mass is 9.71. The molecule has 3 unspecified atom stereocenters. The third-order valence-corrected chi connectivity index (χ3v) is 12.2. The number of rotatable bonds is 17. The van der Waals surface area contributed by atoms with Crippen molar-refractivity contribution >= 4 is 56.9 Å². The molecule has 1 N–H and O–H groups in total. The first-order valence-electron chi connectivity index (χ1n) is 15.6. The number of ether oxygens (including phenoxy) is 1. The third-order valence-electron chi connectivity index (χ3n) is 9.02. The highest BCUT2D eigenvalue weighted by Crippen LogP contribution is 2.68. The van der Waals surface area contributed by atoms with Crippen molar-refractivity contribution < 1.29 is 24.2 Å². The van der Waals surface area contributed by atoms with Gasteiger partial charge in [-0.3, -0.25) is 14.4 Å². The Morgan fingerprint density at radius 3 is 2.44 bits per heavy atom. The van der Waals surface area contributed by atoms with E-state index in [4.69, 9.17) is 4.74 Å². The summed E-state index contributed by atoms with van der Waals surface area (Å²) in [5.41, 5.74) is 1.82. The number of likely N-dealkylation sites (tertiary alicyclic amines) is 1. The van der Waals surface area contributed by atoms with Crippen LogP contribution in [0.5, 0.6) is 0 Å². The van der Waals surface area contributed by atoms with Gasteiger partial charge in [0.25, 0.3) is 5.91 Å². The van der Waals surface area contributed by atoms with Gasteiger partial charge in [-0.2, -0.15) is 0 Å². The molecule has 43 heavy (non-hydrogen) atoms. The van der Waals surface area contributed by atoms with E-state index >= 15 is 0 Å². The van der Waals surface area contributed by atoms with Gasteiger partial charge in [-0.25, -0.2) is 0 Å². The number of aliphatic hydroxyl groups is 1. The number of hydrogen-bond donors (Lipinski definition) is 1. The molecule has 0 aromatic heterocycles. The van der Waals surface area contributed by atoms with Crippen molar-refractivity contribution in [2.75, 3.05) is 49.2 Å². The van der Waals surface area contributed by atoms with E-state index in [0.29, 0.717) is 39.0 Å². The maximum Gasteiger partial charge on any atom is 0.310 e. The van der Waals surface area contributed by atoms with Crippen LogP contribution in [0.2, 0.25) is 0 Å². The number of allylic oxidation sites excluding steroid dienone is 1. The van der Waals surface area contributed by atoms with Crippen LogP contribution in [0, 0.1) is 11.8 Å². The van der Waals surface area contributed by atoms with Gasteiger partial charge in [-0.15, -0.1) is 24.9 Å². The number of esters is 1. The predicted octanol–water partition coefficient (Wildman–Crippen LogP) is 5.19. The first-order chi connectivity index (χ1) is 20.8. The van der Waals surface area contributed by atoms with Crippen LogP contribution in [0.4, 0.5) is 11.4 Å². The molecular weight excluding hydrogens is 630 g/mol. The molecule has 2 bridgehead atoms. The molecule has 0 radical (unpaired) electrons. The number of nitrogens with zero attached hydrogens (tertiary/aromatic N) is 3. The zero-order valence-electron chi connectivity index (χ0n) is 25.5. The number of fused-ring (bicyclic) bond motifs is 1. The molecule has 4 rings (SSSR count). The van der Waals surface area contributed by atoms with Gasteiger partial charge in [-0.05, 0) is 76.6 Å². The molecule has 1 aromatic carbocycles. The normalized spacial score (nSPS) is 27.2. The predicted molar refractivity (Wildman–Crippen MR) is 178 cm³/mol. The zero-order chi connectivity index (χ0) is 31.1. The second kappa shape index (κ2) is 15.1. The highest BCUT2D eigenvalue weighted by atomic mass is 79.9. The van der Waals surface area contributed by atoms with Crippen molar-refractivity contribution in [3.05, 3.63) is 49.6 Å². The quantitative estimate of drug-likeness (QED) is 0.105. The zero-order valence-corrected chi connectivity index (χ0v) is 27.9. The molecule has 2 amide bonds. The summed E-state index contributed by atoms with van der Waals surface area (Å²) in [5.74, 6) is -1.92. The smallest absolute Gasteiger partial charge is 0.310 e. The molecule has 3 aliphatic heterocycles. The Hall–Kier alpha value is -2.30. The number of aliphatic hydroxyl groups excluding tert-OH is 1. The summed E-state index contributed by atoms with van der Waals surface area (Å²) in [6, 6.07) is 7.21. The molecule has 10 heteroatoms. The Morgan fingerprint density at radius 1 is 1.12 bits per heavy atom. The lowest BCUT2D eigenvalue weighted by Gasteiger charge is -2.38. The number of amides is 2. The first-order valence-corrected chi connectivity index (χ1v) is 17.4. The van der Waals surface area contributed by atoms with Crippen LogP contribution in [0.25, 0.3) is 0 Å². The molecular formula is C33H46BrN3O5S. The summed E-state index contributed by atoms with van der Waals surface area (Å²) in [7, 11) is 0. The SMILES string of the molecule is C=CCCCCOC(=O)[C@H]1[C@@H]2SC3(CC2Br)C(C(=O)N(CC=C)c2ccc(N(CC)CC)cc2)N(CCCCO)C(=O)[C@H]13. The minimum atomic E-state index is -0.751. The number of hydrogen-bond acceptors (Lipinski definition) is 7. The van der Waals surface area contributed by atoms with Crippen molar-refractivity contribution in [1.29, 1.82) is 0 Å². The molecule has 6 atom stereocenters. The Labute approximate surface area is 269 Å². The molecule has 0 saturated carbocycles. The minimum absolute atomic E-state index is 0.0117. The van der Waals surface area contributed by atoms with Crippen LogP contribution in [-0.4, -0.2) is 88.0 Å². The van der Waals surface area contributed by atoms with Crippen molar-refractivity contribution in [1.82, 2.24) is 4.90 Å². The van der Waals surface area contributed by atoms with E-state index < -0.39 is 22.6 Å². The van der Waals surface area contributed by atoms with Gasteiger partial charge in [0.05, 0.1) is 23.2 Å². The molecule has 1 aromatic rings. The van der Waals surface area contributed by atoms with Gasteiger partial charge in [0.15, 0.2) is 0 Å². The van der Waals surface area contributed by atoms with Crippen LogP contribution in [-0.2, 0) is 19.1 Å². The molecule has 236 valence electrons. The molecule has 8 nitrogen and oxygen atoms in total. The Balaban J connectivity index is 1.67. The van der Waals surface area contributed by atoms with E-state index in [1.165, 1.54) is 0 Å². The van der Waals surface area contributed by atoms with Gasteiger partial charge < -0.3 is 24.5 Å². The van der Waals surface area contributed by atoms with Crippen molar-refractivity contribution in [3.63, 3.8) is 0 Å². The van der Waals surface area contributed by atoms with Crippen LogP contribution in [0.3, 0.4) is 0 Å². The standard InChI is InChI=1S/C33H46BrN3O5S/c1-5-9-10-13-21-42-32(41)26-27-30(39)37(19-11-12-20-38)29(33(27)22-25(34)28(26)43-33)31(40)36(18-6-2)24-16-14-23(15-17-24)35(7-3)8-4/h5-6,14-17,25-29,38H,1-2,7-13,18-22H2,3-4H3/t25?,26-,27+,28-,29?,33?/m1/s1. The number of carbonyl (C=O) groups is 3. The van der Waals surface area contributed by atoms with E-state index in [1.807, 2.05) is 30.3 Å². The highest BCUT2D eigenvalue weighted by molar-refractivity contribution is 9.09. The number of halogens is 1. The number of thioether (sulfide) groups is 1. The van der Waals surface area contributed by atoms with Crippen LogP contribution in [0.1, 0.15) is 52.4 Å². The van der Waals surface area contributed by atoms with Gasteiger partial charge in [0.1, 0.15) is 6.04 Å². The maximum atomic E-state index is 14.7. The van der Waals surface area contributed by atoms with E-state index in [9.17, 15) is 19.5 Å². The number of alkyl halides is 1. The Kier molecular flexibility index (Phi) is 11.8. The average Bonchev–Trinajstić information content (AvgIpc) is 3.60. The summed E-state index contributed by atoms with van der Waals surface area (Å²) in [5, 5.41) is 9.32. The summed E-state index contributed by atoms with van der Waals surface area (Å²) in [6.07, 6.45) is 7.74. The van der Waals surface area contributed by atoms with Gasteiger partial charge in [-0.1, -0.05) is 28.1 Å². The molecule has 3 fully saturated rings. The van der Waals surface area contributed by atoms with Crippen LogP contribution in [0.15, 0.2) is 49.6 Å². The average molecular weight is 677 g/mol. The van der Waals surface area contributed by atoms with Crippen molar-refractivity contribution in [3.8, 4) is 0 Å². The van der Waals surface area contributed by atoms with E-state index in [2.05, 4.69) is 47.8 Å². The number of unbranched alkanes of at least 4 members (excludes halogenated alkanes) is 3. The summed E-state index contributed by atoms with van der Waals surface area (Å²) in [4.78, 5) is 48.1. The Bertz CT molecular complexity index is 1160. The summed E-state index contributed by atoms with van der Waals surface area (Å²) >= 11 is 5.43. The molecule has 3 aliphatic rings. The van der Waals surface area contributed by atoms with E-state index in [0.717, 1.165) is 43.7 Å². The van der Waals surface area contributed by atoms with Crippen molar-refractivity contribution in [2.24, 2.45) is 11.8 Å². The van der Waals surface area contributed by atoms with E-state index in [1.54, 1.807) is 27.6 Å². The largest absolute Gasteiger partial charge is 0.465 e. The topological polar surface area (TPSA) is 90.4 Å². The third kappa shape index (κ3) is 6.57. The fourth-order valence-corrected chi connectivity index (χ4v) is 10.6. The fourth-order valence-electron chi connectivity index (χ4n) is 7.00. The number of anilines is 2. The summed E-state index contributed by atoms with van der Waals surface area (Å²) in [6.45, 7) is 14.6. The second-order valence-electron chi connectivity index (χ2n) is 11.5. The van der Waals surface area contributed by atoms with Gasteiger partial charge in [0, 0.05) is 54.2 Å². The Morgan fingerprint density at radius 2 is 1.81 bits per heavy atom. The lowest BCUT2D eigenvalue weighted by molar-refractivity contribution is -0.154. The molecule has 1 spiro atoms. The first kappa shape index (κ1) is 33.6. The van der Waals surface area contributed by atoms with E-state index in [-0.39, 0.29) is 34.5 Å². The van der Waals surface area contributed by atoms with Crippen LogP contribution < -0.4 is 9.80 Å². The monoisotopic (exact) mass is 675 g/mol. The fraction of sp³-hybridized carbons (Fsp3) is 0.606. The summed E-state index contributed by atoms with van der Waals surface area (Å²) < 4.78 is 4.99. The minimum Gasteiger partial charge on any atom is -0.465 e. The molecule has 0 aliphatic carbocycles. The van der Waals surface area contributed by atoms with Gasteiger partial charge in [0.2, 0.25) is 5.91 Å². The maximum absolute atomic E-state index is 14.7. The second-order valence-corrected chi connectivity index (χ2v) is 14.2. The molecule has 3 saturated heterocycles. The van der Waals surface area contributed by atoms with Gasteiger partial charge >= 0.3 is 5.97 Å². The van der Waals surface area contributed by atoms with Crippen molar-refractivity contribution in [2.45, 2.75) is 73.2 Å². The number of benzene rings is 1. The number of carbonyl (C=O) groups excluding carboxylic acids is 3. The highest BCUT2D eigenvalue weighted by Gasteiger charge is 2.76. The molecule has 3 heterocycles. The lowest BCUT2D eigenvalue weighted by Crippen LogP contribution is -2.55.